The molecule has 1 aromatic carbocycles. The second-order valence-electron chi connectivity index (χ2n) is 6.22. The summed E-state index contributed by atoms with van der Waals surface area (Å²) in [5.74, 6) is 0.557. The van der Waals surface area contributed by atoms with Gasteiger partial charge in [0.05, 0.1) is 12.9 Å². The van der Waals surface area contributed by atoms with E-state index in [2.05, 4.69) is 25.3 Å². The van der Waals surface area contributed by atoms with Gasteiger partial charge in [-0.2, -0.15) is 0 Å². The molecule has 7 nitrogen and oxygen atoms in total. The molecule has 0 bridgehead atoms. The van der Waals surface area contributed by atoms with Crippen LogP contribution in [0, 0.1) is 5.82 Å². The van der Waals surface area contributed by atoms with Crippen LogP contribution < -0.4 is 10.2 Å². The third-order valence-electron chi connectivity index (χ3n) is 4.38. The molecule has 0 unspecified atom stereocenters. The first-order chi connectivity index (χ1) is 12.1. The van der Waals surface area contributed by atoms with Gasteiger partial charge in [0.15, 0.2) is 11.5 Å². The van der Waals surface area contributed by atoms with Crippen molar-refractivity contribution in [3.05, 3.63) is 48.3 Å². The van der Waals surface area contributed by atoms with Crippen molar-refractivity contribution in [1.29, 1.82) is 0 Å². The molecule has 2 atom stereocenters. The molecular weight excluding hydrogens is 323 g/mol. The van der Waals surface area contributed by atoms with Crippen LogP contribution >= 0.6 is 0 Å². The van der Waals surface area contributed by atoms with Gasteiger partial charge in [0.1, 0.15) is 17.7 Å². The van der Waals surface area contributed by atoms with Crippen LogP contribution in [0.4, 0.5) is 10.2 Å². The van der Waals surface area contributed by atoms with Gasteiger partial charge in [-0.1, -0.05) is 12.1 Å². The Hall–Kier alpha value is -3.03. The average Bonchev–Trinajstić information content (AvgIpc) is 3.18. The van der Waals surface area contributed by atoms with E-state index in [0.29, 0.717) is 17.0 Å². The van der Waals surface area contributed by atoms with Crippen molar-refractivity contribution in [3.63, 3.8) is 0 Å². The Bertz CT molecular complexity index is 909. The molecule has 1 saturated carbocycles. The molecular formula is C17H17FN6O. The molecule has 2 aromatic heterocycles. The van der Waals surface area contributed by atoms with Crippen molar-refractivity contribution < 1.29 is 9.18 Å². The number of aromatic amines is 1. The highest BCUT2D eigenvalue weighted by Crippen LogP contribution is 2.40. The quantitative estimate of drug-likeness (QED) is 0.737. The minimum atomic E-state index is -0.249. The maximum atomic E-state index is 13.0. The van der Waals surface area contributed by atoms with E-state index in [1.807, 2.05) is 0 Å². The summed E-state index contributed by atoms with van der Waals surface area (Å²) in [6.07, 6.45) is 3.85. The summed E-state index contributed by atoms with van der Waals surface area (Å²) in [6.45, 7) is 0.178. The second kappa shape index (κ2) is 6.12. The summed E-state index contributed by atoms with van der Waals surface area (Å²) in [7, 11) is 1.80. The first-order valence-electron chi connectivity index (χ1n) is 8.02. The third-order valence-corrected chi connectivity index (χ3v) is 4.38. The van der Waals surface area contributed by atoms with Gasteiger partial charge in [-0.25, -0.2) is 19.3 Å². The summed E-state index contributed by atoms with van der Waals surface area (Å²) in [5, 5.41) is 3.02. The van der Waals surface area contributed by atoms with E-state index >= 15 is 0 Å². The molecule has 0 spiro atoms. The monoisotopic (exact) mass is 340 g/mol. The fourth-order valence-corrected chi connectivity index (χ4v) is 3.02. The zero-order chi connectivity index (χ0) is 17.4. The summed E-state index contributed by atoms with van der Waals surface area (Å²) in [6, 6.07) is 6.54. The Morgan fingerprint density at radius 1 is 1.32 bits per heavy atom. The van der Waals surface area contributed by atoms with Gasteiger partial charge in [-0.05, 0) is 24.1 Å². The molecule has 3 aromatic rings. The molecule has 25 heavy (non-hydrogen) atoms. The number of fused-ring (bicyclic) bond motifs is 1. The van der Waals surface area contributed by atoms with Crippen molar-refractivity contribution >= 4 is 22.9 Å². The van der Waals surface area contributed by atoms with Gasteiger partial charge in [0, 0.05) is 19.0 Å². The highest BCUT2D eigenvalue weighted by molar-refractivity contribution is 5.87. The zero-order valence-corrected chi connectivity index (χ0v) is 13.6. The number of carbonyl (C=O) groups excluding carboxylic acids is 1. The van der Waals surface area contributed by atoms with Crippen molar-refractivity contribution in [2.75, 3.05) is 18.5 Å². The molecule has 0 saturated heterocycles. The molecule has 8 heteroatoms. The largest absolute Gasteiger partial charge is 0.351 e. The molecule has 1 aliphatic carbocycles. The Labute approximate surface area is 143 Å². The number of likely N-dealkylation sites (N-methyl/N-ethyl adjacent to an activating group) is 1. The van der Waals surface area contributed by atoms with Gasteiger partial charge in [0.25, 0.3) is 0 Å². The maximum absolute atomic E-state index is 13.0. The Morgan fingerprint density at radius 3 is 2.92 bits per heavy atom. The number of nitrogens with zero attached hydrogens (tertiary/aromatic N) is 4. The van der Waals surface area contributed by atoms with Crippen LogP contribution in [0.5, 0.6) is 0 Å². The summed E-state index contributed by atoms with van der Waals surface area (Å²) in [4.78, 5) is 29.4. The number of nitrogens with one attached hydrogen (secondary N) is 2. The summed E-state index contributed by atoms with van der Waals surface area (Å²) in [5.41, 5.74) is 2.32. The third kappa shape index (κ3) is 3.15. The topological polar surface area (TPSA) is 86.8 Å². The summed E-state index contributed by atoms with van der Waals surface area (Å²) >= 11 is 0. The van der Waals surface area contributed by atoms with Crippen molar-refractivity contribution in [1.82, 2.24) is 25.3 Å². The van der Waals surface area contributed by atoms with Crippen LogP contribution in [-0.2, 0) is 4.79 Å². The van der Waals surface area contributed by atoms with Gasteiger partial charge >= 0.3 is 0 Å². The van der Waals surface area contributed by atoms with E-state index in [1.165, 1.54) is 18.5 Å². The minimum absolute atomic E-state index is 0.0802. The number of H-pyrrole nitrogens is 1. The van der Waals surface area contributed by atoms with Crippen LogP contribution in [0.3, 0.4) is 0 Å². The van der Waals surface area contributed by atoms with Gasteiger partial charge in [-0.15, -0.1) is 0 Å². The van der Waals surface area contributed by atoms with E-state index in [1.54, 1.807) is 30.4 Å². The van der Waals surface area contributed by atoms with Gasteiger partial charge in [0.2, 0.25) is 5.91 Å². The fraction of sp³-hybridized carbons (Fsp3) is 0.294. The predicted octanol–water partition coefficient (Wildman–Crippen LogP) is 1.60. The zero-order valence-electron chi connectivity index (χ0n) is 13.6. The van der Waals surface area contributed by atoms with E-state index in [-0.39, 0.29) is 30.2 Å². The van der Waals surface area contributed by atoms with E-state index < -0.39 is 0 Å². The predicted molar refractivity (Wildman–Crippen MR) is 90.6 cm³/mol. The smallest absolute Gasteiger partial charge is 0.239 e. The Morgan fingerprint density at radius 2 is 2.12 bits per heavy atom. The molecule has 1 aliphatic rings. The maximum Gasteiger partial charge on any atom is 0.239 e. The molecule has 0 aliphatic heterocycles. The lowest BCUT2D eigenvalue weighted by Gasteiger charge is -2.17. The molecule has 1 fully saturated rings. The lowest BCUT2D eigenvalue weighted by Crippen LogP contribution is -2.37. The molecule has 2 N–H and O–H groups in total. The Kier molecular flexibility index (Phi) is 3.79. The number of imidazole rings is 1. The Balaban J connectivity index is 1.36. The first kappa shape index (κ1) is 15.5. The number of amides is 1. The number of rotatable bonds is 5. The van der Waals surface area contributed by atoms with Gasteiger partial charge < -0.3 is 15.2 Å². The fourth-order valence-electron chi connectivity index (χ4n) is 3.02. The minimum Gasteiger partial charge on any atom is -0.351 e. The number of aromatic nitrogens is 4. The van der Waals surface area contributed by atoms with E-state index in [4.69, 9.17) is 0 Å². The van der Waals surface area contributed by atoms with Crippen LogP contribution in [0.1, 0.15) is 17.9 Å². The highest BCUT2D eigenvalue weighted by atomic mass is 19.1. The molecule has 4 rings (SSSR count). The van der Waals surface area contributed by atoms with Crippen LogP contribution in [0.2, 0.25) is 0 Å². The normalized spacial score (nSPS) is 19.0. The van der Waals surface area contributed by atoms with Crippen molar-refractivity contribution in [2.24, 2.45) is 0 Å². The van der Waals surface area contributed by atoms with Crippen LogP contribution in [0.25, 0.3) is 11.2 Å². The lowest BCUT2D eigenvalue weighted by atomic mass is 10.1. The van der Waals surface area contributed by atoms with Crippen molar-refractivity contribution in [2.45, 2.75) is 18.4 Å². The summed E-state index contributed by atoms with van der Waals surface area (Å²) < 4.78 is 13.0. The lowest BCUT2D eigenvalue weighted by molar-refractivity contribution is -0.119. The van der Waals surface area contributed by atoms with Gasteiger partial charge in [-0.3, -0.25) is 4.79 Å². The number of benzene rings is 1. The standard InChI is InChI=1S/C17H17FN6O/c1-24(17-15-16(20-8-19-15)21-9-22-17)7-14(25)23-13-6-12(13)10-2-4-11(18)5-3-10/h2-5,8-9,12-13H,6-7H2,1H3,(H,23,25)(H,19,20,21,22)/t12-,13+/m1/s1. The number of carbonyl (C=O) groups is 1. The number of anilines is 1. The molecule has 128 valence electrons. The SMILES string of the molecule is CN(CC(=O)N[C@H]1C[C@@H]1c1ccc(F)cc1)c1ncnc2nc[nH]c12. The van der Waals surface area contributed by atoms with E-state index in [9.17, 15) is 9.18 Å². The van der Waals surface area contributed by atoms with Crippen LogP contribution in [-0.4, -0.2) is 45.5 Å². The highest BCUT2D eigenvalue weighted by Gasteiger charge is 2.39. The number of hydrogen-bond acceptors (Lipinski definition) is 5. The van der Waals surface area contributed by atoms with Crippen molar-refractivity contribution in [3.8, 4) is 0 Å². The number of hydrogen-bond donors (Lipinski definition) is 2. The molecule has 2 heterocycles. The average molecular weight is 340 g/mol. The van der Waals surface area contributed by atoms with E-state index in [0.717, 1.165) is 12.0 Å². The molecule has 0 radical (unpaired) electrons. The first-order valence-corrected chi connectivity index (χ1v) is 8.02. The number of halogens is 1. The molecule has 1 amide bonds. The second-order valence-corrected chi connectivity index (χ2v) is 6.22. The van der Waals surface area contributed by atoms with Crippen LogP contribution in [0.15, 0.2) is 36.9 Å².